The average molecular weight is 259 g/mol. The van der Waals surface area contributed by atoms with Crippen LogP contribution in [-0.2, 0) is 6.54 Å². The van der Waals surface area contributed by atoms with Crippen LogP contribution in [0.1, 0.15) is 43.2 Å². The van der Waals surface area contributed by atoms with Crippen molar-refractivity contribution in [2.75, 3.05) is 0 Å². The van der Waals surface area contributed by atoms with E-state index in [-0.39, 0.29) is 0 Å². The Balaban J connectivity index is 1.59. The van der Waals surface area contributed by atoms with E-state index in [1.807, 2.05) is 12.1 Å². The minimum absolute atomic E-state index is 0.382. The van der Waals surface area contributed by atoms with E-state index in [2.05, 4.69) is 10.1 Å². The first-order chi connectivity index (χ1) is 9.33. The Hall–Kier alpha value is -1.62. The van der Waals surface area contributed by atoms with Gasteiger partial charge in [-0.2, -0.15) is 4.98 Å². The van der Waals surface area contributed by atoms with Gasteiger partial charge >= 0.3 is 0 Å². The van der Waals surface area contributed by atoms with E-state index in [4.69, 9.17) is 14.7 Å². The lowest BCUT2D eigenvalue weighted by atomic mass is 9.88. The van der Waals surface area contributed by atoms with Crippen LogP contribution in [0.5, 0.6) is 0 Å². The van der Waals surface area contributed by atoms with Crippen molar-refractivity contribution < 1.29 is 8.94 Å². The molecule has 2 heterocycles. The molecule has 5 nitrogen and oxygen atoms in total. The van der Waals surface area contributed by atoms with Crippen LogP contribution in [0.25, 0.3) is 11.7 Å². The van der Waals surface area contributed by atoms with Gasteiger partial charge in [0, 0.05) is 5.92 Å². The summed E-state index contributed by atoms with van der Waals surface area (Å²) in [5, 5.41) is 4.15. The summed E-state index contributed by atoms with van der Waals surface area (Å²) in [4.78, 5) is 4.52. The molecule has 0 radical (unpaired) electrons. The summed E-state index contributed by atoms with van der Waals surface area (Å²) in [7, 11) is 0. The number of rotatable bonds is 3. The Morgan fingerprint density at radius 1 is 1.26 bits per heavy atom. The molecule has 19 heavy (non-hydrogen) atoms. The number of fused-ring (bicyclic) bond motifs is 2. The predicted molar refractivity (Wildman–Crippen MR) is 68.1 cm³/mol. The minimum atomic E-state index is 0.382. The van der Waals surface area contributed by atoms with E-state index in [0.29, 0.717) is 24.1 Å². The molecule has 100 valence electrons. The van der Waals surface area contributed by atoms with Crippen molar-refractivity contribution in [1.29, 1.82) is 0 Å². The normalized spacial score (nSPS) is 29.2. The molecule has 3 unspecified atom stereocenters. The standard InChI is InChI=1S/C14H17N3O2/c15-7-10-3-4-12(18-10)14-16-13(17-19-14)11-6-8-1-2-9(11)5-8/h3-4,8-9,11H,1-2,5-7,15H2. The maximum Gasteiger partial charge on any atom is 0.293 e. The lowest BCUT2D eigenvalue weighted by Crippen LogP contribution is -2.09. The lowest BCUT2D eigenvalue weighted by molar-refractivity contribution is 0.368. The van der Waals surface area contributed by atoms with Crippen molar-refractivity contribution in [3.8, 4) is 11.7 Å². The number of nitrogens with zero attached hydrogens (tertiary/aromatic N) is 2. The Bertz CT molecular complexity index is 589. The Labute approximate surface area is 111 Å². The molecule has 2 aromatic rings. The van der Waals surface area contributed by atoms with Crippen LogP contribution in [0.2, 0.25) is 0 Å². The predicted octanol–water partition coefficient (Wildman–Crippen LogP) is 2.69. The molecule has 0 aromatic carbocycles. The SMILES string of the molecule is NCc1ccc(-c2nc(C3CC4CCC3C4)no2)o1. The Morgan fingerprint density at radius 2 is 2.21 bits per heavy atom. The highest BCUT2D eigenvalue weighted by molar-refractivity contribution is 5.44. The lowest BCUT2D eigenvalue weighted by Gasteiger charge is -2.17. The number of nitrogens with two attached hydrogens (primary N) is 1. The molecule has 0 saturated heterocycles. The molecular weight excluding hydrogens is 242 g/mol. The van der Waals surface area contributed by atoms with Crippen molar-refractivity contribution in [1.82, 2.24) is 10.1 Å². The van der Waals surface area contributed by atoms with E-state index < -0.39 is 0 Å². The van der Waals surface area contributed by atoms with E-state index >= 15 is 0 Å². The molecule has 0 aliphatic heterocycles. The van der Waals surface area contributed by atoms with E-state index in [1.54, 1.807) is 0 Å². The first-order valence-corrected chi connectivity index (χ1v) is 6.96. The first-order valence-electron chi connectivity index (χ1n) is 6.96. The smallest absolute Gasteiger partial charge is 0.293 e. The third kappa shape index (κ3) is 1.80. The van der Waals surface area contributed by atoms with Gasteiger partial charge in [0.2, 0.25) is 0 Å². The number of furan rings is 1. The Kier molecular flexibility index (Phi) is 2.48. The average Bonchev–Trinajstić information content (AvgIpc) is 3.19. The van der Waals surface area contributed by atoms with Crippen LogP contribution in [0, 0.1) is 11.8 Å². The third-order valence-electron chi connectivity index (χ3n) is 4.59. The molecule has 2 aliphatic rings. The zero-order valence-corrected chi connectivity index (χ0v) is 10.7. The third-order valence-corrected chi connectivity index (χ3v) is 4.59. The topological polar surface area (TPSA) is 78.1 Å². The summed E-state index contributed by atoms with van der Waals surface area (Å²) < 4.78 is 10.9. The quantitative estimate of drug-likeness (QED) is 0.916. The zero-order valence-electron chi connectivity index (χ0n) is 10.7. The summed E-state index contributed by atoms with van der Waals surface area (Å²) in [6, 6.07) is 3.68. The molecule has 2 aromatic heterocycles. The van der Waals surface area contributed by atoms with Gasteiger partial charge in [0.05, 0.1) is 6.54 Å². The molecule has 2 saturated carbocycles. The molecule has 0 spiro atoms. The largest absolute Gasteiger partial charge is 0.455 e. The fourth-order valence-electron chi connectivity index (χ4n) is 3.65. The number of aromatic nitrogens is 2. The van der Waals surface area contributed by atoms with Crippen LogP contribution in [0.15, 0.2) is 21.1 Å². The van der Waals surface area contributed by atoms with Gasteiger partial charge in [0.15, 0.2) is 11.6 Å². The fraction of sp³-hybridized carbons (Fsp3) is 0.571. The van der Waals surface area contributed by atoms with Crippen molar-refractivity contribution in [2.45, 2.75) is 38.1 Å². The summed E-state index contributed by atoms with van der Waals surface area (Å²) >= 11 is 0. The zero-order chi connectivity index (χ0) is 12.8. The van der Waals surface area contributed by atoms with E-state index in [0.717, 1.165) is 23.4 Å². The van der Waals surface area contributed by atoms with Crippen LogP contribution in [0.4, 0.5) is 0 Å². The second-order valence-corrected chi connectivity index (χ2v) is 5.71. The fourth-order valence-corrected chi connectivity index (χ4v) is 3.65. The monoisotopic (exact) mass is 259 g/mol. The van der Waals surface area contributed by atoms with Gasteiger partial charge in [-0.05, 0) is 43.2 Å². The van der Waals surface area contributed by atoms with Gasteiger partial charge in [0.1, 0.15) is 5.76 Å². The van der Waals surface area contributed by atoms with Crippen LogP contribution in [0.3, 0.4) is 0 Å². The van der Waals surface area contributed by atoms with Crippen molar-refractivity contribution in [3.05, 3.63) is 23.7 Å². The molecule has 3 atom stereocenters. The van der Waals surface area contributed by atoms with E-state index in [9.17, 15) is 0 Å². The highest BCUT2D eigenvalue weighted by Gasteiger charge is 2.42. The molecular formula is C14H17N3O2. The molecule has 5 heteroatoms. The van der Waals surface area contributed by atoms with Gasteiger partial charge in [0.25, 0.3) is 5.89 Å². The summed E-state index contributed by atoms with van der Waals surface area (Å²) in [6.07, 6.45) is 5.25. The Morgan fingerprint density at radius 3 is 2.89 bits per heavy atom. The minimum Gasteiger partial charge on any atom is -0.455 e. The van der Waals surface area contributed by atoms with Gasteiger partial charge < -0.3 is 14.7 Å². The summed E-state index contributed by atoms with van der Waals surface area (Å²) in [5.41, 5.74) is 5.53. The molecule has 2 fully saturated rings. The van der Waals surface area contributed by atoms with Crippen LogP contribution in [-0.4, -0.2) is 10.1 Å². The summed E-state index contributed by atoms with van der Waals surface area (Å²) in [6.45, 7) is 0.382. The van der Waals surface area contributed by atoms with Crippen LogP contribution >= 0.6 is 0 Å². The molecule has 4 rings (SSSR count). The maximum atomic E-state index is 5.54. The molecule has 2 bridgehead atoms. The van der Waals surface area contributed by atoms with Gasteiger partial charge in [-0.25, -0.2) is 0 Å². The molecule has 2 N–H and O–H groups in total. The van der Waals surface area contributed by atoms with Crippen molar-refractivity contribution in [2.24, 2.45) is 17.6 Å². The molecule has 2 aliphatic carbocycles. The molecule has 0 amide bonds. The first kappa shape index (κ1) is 11.2. The van der Waals surface area contributed by atoms with Crippen molar-refractivity contribution in [3.63, 3.8) is 0 Å². The van der Waals surface area contributed by atoms with Gasteiger partial charge in [-0.15, -0.1) is 0 Å². The second-order valence-electron chi connectivity index (χ2n) is 5.71. The van der Waals surface area contributed by atoms with Crippen LogP contribution < -0.4 is 5.73 Å². The second kappa shape index (κ2) is 4.20. The number of hydrogen-bond acceptors (Lipinski definition) is 5. The van der Waals surface area contributed by atoms with Crippen molar-refractivity contribution >= 4 is 0 Å². The highest BCUT2D eigenvalue weighted by atomic mass is 16.5. The number of hydrogen-bond donors (Lipinski definition) is 1. The summed E-state index contributed by atoms with van der Waals surface area (Å²) in [5.74, 6) is 4.79. The van der Waals surface area contributed by atoms with Gasteiger partial charge in [-0.3, -0.25) is 0 Å². The highest BCUT2D eigenvalue weighted by Crippen LogP contribution is 2.52. The maximum absolute atomic E-state index is 5.54. The van der Waals surface area contributed by atoms with Gasteiger partial charge in [-0.1, -0.05) is 11.6 Å². The van der Waals surface area contributed by atoms with E-state index in [1.165, 1.54) is 25.7 Å².